The van der Waals surface area contributed by atoms with Gasteiger partial charge in [-0.1, -0.05) is 86.2 Å². The van der Waals surface area contributed by atoms with Crippen LogP contribution < -0.4 is 9.47 Å². The molecule has 42 heavy (non-hydrogen) atoms. The van der Waals surface area contributed by atoms with Crippen LogP contribution in [-0.2, 0) is 4.79 Å². The predicted molar refractivity (Wildman–Crippen MR) is 169 cm³/mol. The molecule has 0 unspecified atom stereocenters. The second-order valence-electron chi connectivity index (χ2n) is 11.5. The summed E-state index contributed by atoms with van der Waals surface area (Å²) in [5, 5.41) is 11.0. The van der Waals surface area contributed by atoms with Crippen LogP contribution in [0.2, 0.25) is 0 Å². The minimum Gasteiger partial charge on any atom is -0.493 e. The molecular weight excluding hydrogens is 542 g/mol. The Balaban J connectivity index is 1.51. The van der Waals surface area contributed by atoms with Crippen LogP contribution in [0.15, 0.2) is 53.6 Å². The van der Waals surface area contributed by atoms with E-state index in [1.807, 2.05) is 24.3 Å². The van der Waals surface area contributed by atoms with Crippen molar-refractivity contribution in [1.29, 1.82) is 5.26 Å². The molecule has 0 bridgehead atoms. The number of thioether (sulfide) groups is 1. The Morgan fingerprint density at radius 3 is 2.05 bits per heavy atom. The van der Waals surface area contributed by atoms with E-state index in [-0.39, 0.29) is 11.7 Å². The van der Waals surface area contributed by atoms with Crippen LogP contribution in [-0.4, -0.2) is 47.8 Å². The van der Waals surface area contributed by atoms with Crippen molar-refractivity contribution in [3.63, 3.8) is 0 Å². The van der Waals surface area contributed by atoms with E-state index in [2.05, 4.69) is 42.2 Å². The first-order valence-electron chi connectivity index (χ1n) is 15.2. The van der Waals surface area contributed by atoms with Gasteiger partial charge in [0.2, 0.25) is 5.91 Å². The number of hydrogen-bond donors (Lipinski definition) is 0. The van der Waals surface area contributed by atoms with Crippen molar-refractivity contribution in [3.05, 3.63) is 59.7 Å². The number of benzene rings is 2. The zero-order valence-corrected chi connectivity index (χ0v) is 25.8. The Hall–Kier alpha value is -3.50. The Morgan fingerprint density at radius 1 is 0.881 bits per heavy atom. The second-order valence-corrected chi connectivity index (χ2v) is 12.4. The van der Waals surface area contributed by atoms with Gasteiger partial charge >= 0.3 is 0 Å². The quantitative estimate of drug-likeness (QED) is 0.236. The lowest BCUT2D eigenvalue weighted by atomic mass is 9.88. The molecule has 2 fully saturated rings. The molecule has 0 N–H and O–H groups in total. The molecule has 7 heteroatoms. The van der Waals surface area contributed by atoms with E-state index in [9.17, 15) is 10.1 Å². The number of rotatable bonds is 9. The molecule has 2 aliphatic rings. The zero-order valence-electron chi connectivity index (χ0n) is 25.0. The molecule has 2 saturated carbocycles. The molecule has 220 valence electrons. The normalized spacial score (nSPS) is 16.0. The molecule has 2 aromatic carbocycles. The number of carbonyl (C=O) groups excluding carboxylic acids is 1. The minimum absolute atomic E-state index is 0.179. The first-order chi connectivity index (χ1) is 20.5. The highest BCUT2D eigenvalue weighted by Gasteiger charge is 2.32. The monoisotopic (exact) mass is 583 g/mol. The Labute approximate surface area is 254 Å². The van der Waals surface area contributed by atoms with Gasteiger partial charge in [-0.2, -0.15) is 5.26 Å². The lowest BCUT2D eigenvalue weighted by Crippen LogP contribution is -2.49. The lowest BCUT2D eigenvalue weighted by molar-refractivity contribution is -0.135. The summed E-state index contributed by atoms with van der Waals surface area (Å²) in [5.74, 6) is 1.67. The summed E-state index contributed by atoms with van der Waals surface area (Å²) in [6.45, 7) is 2.06. The molecule has 0 atom stereocenters. The largest absolute Gasteiger partial charge is 0.493 e. The second kappa shape index (κ2) is 14.1. The third-order valence-corrected chi connectivity index (χ3v) is 9.66. The van der Waals surface area contributed by atoms with Gasteiger partial charge in [0.05, 0.1) is 31.2 Å². The summed E-state index contributed by atoms with van der Waals surface area (Å²) in [5.41, 5.74) is 4.96. The first kappa shape index (κ1) is 30.0. The molecule has 3 aromatic rings. The summed E-state index contributed by atoms with van der Waals surface area (Å²) in [4.78, 5) is 21.2. The zero-order chi connectivity index (χ0) is 29.5. The number of nitrogens with zero attached hydrogens (tertiary/aromatic N) is 3. The Bertz CT molecular complexity index is 1400. The average Bonchev–Trinajstić information content (AvgIpc) is 3.04. The summed E-state index contributed by atoms with van der Waals surface area (Å²) in [6.07, 6.45) is 11.7. The molecule has 0 radical (unpaired) electrons. The maximum absolute atomic E-state index is 14.0. The summed E-state index contributed by atoms with van der Waals surface area (Å²) in [7, 11) is 3.21. The van der Waals surface area contributed by atoms with Crippen molar-refractivity contribution in [2.24, 2.45) is 0 Å². The number of hydrogen-bond acceptors (Lipinski definition) is 6. The van der Waals surface area contributed by atoms with E-state index < -0.39 is 0 Å². The van der Waals surface area contributed by atoms with E-state index >= 15 is 0 Å². The molecule has 0 saturated heterocycles. The van der Waals surface area contributed by atoms with Gasteiger partial charge in [0, 0.05) is 23.2 Å². The van der Waals surface area contributed by atoms with E-state index in [0.717, 1.165) is 48.1 Å². The van der Waals surface area contributed by atoms with Crippen molar-refractivity contribution < 1.29 is 14.3 Å². The maximum Gasteiger partial charge on any atom is 0.233 e. The number of nitriles is 1. The average molecular weight is 584 g/mol. The van der Waals surface area contributed by atoms with Crippen LogP contribution in [0.4, 0.5) is 0 Å². The van der Waals surface area contributed by atoms with E-state index in [1.165, 1.54) is 55.9 Å². The summed E-state index contributed by atoms with van der Waals surface area (Å²) >= 11 is 1.39. The minimum atomic E-state index is 0.179. The molecule has 1 amide bonds. The highest BCUT2D eigenvalue weighted by Crippen LogP contribution is 2.39. The highest BCUT2D eigenvalue weighted by atomic mass is 32.2. The molecule has 2 aliphatic carbocycles. The van der Waals surface area contributed by atoms with E-state index in [0.29, 0.717) is 34.2 Å². The van der Waals surface area contributed by atoms with E-state index in [1.54, 1.807) is 14.2 Å². The van der Waals surface area contributed by atoms with Gasteiger partial charge in [-0.05, 0) is 56.4 Å². The fraction of sp³-hybridized carbons (Fsp3) is 0.457. The van der Waals surface area contributed by atoms with Crippen LogP contribution in [0, 0.1) is 18.3 Å². The van der Waals surface area contributed by atoms with Crippen LogP contribution in [0.25, 0.3) is 22.4 Å². The smallest absolute Gasteiger partial charge is 0.233 e. The molecule has 5 rings (SSSR count). The van der Waals surface area contributed by atoms with Gasteiger partial charge in [0.25, 0.3) is 0 Å². The van der Waals surface area contributed by atoms with Gasteiger partial charge in [-0.3, -0.25) is 4.79 Å². The van der Waals surface area contributed by atoms with Gasteiger partial charge in [0.1, 0.15) is 11.1 Å². The van der Waals surface area contributed by atoms with Crippen molar-refractivity contribution in [2.75, 3.05) is 20.0 Å². The van der Waals surface area contributed by atoms with Gasteiger partial charge in [-0.25, -0.2) is 4.98 Å². The fourth-order valence-electron chi connectivity index (χ4n) is 6.47. The number of pyridine rings is 1. The van der Waals surface area contributed by atoms with Gasteiger partial charge < -0.3 is 14.4 Å². The highest BCUT2D eigenvalue weighted by molar-refractivity contribution is 8.00. The molecule has 1 heterocycles. The molecule has 0 spiro atoms. The van der Waals surface area contributed by atoms with Crippen LogP contribution in [0.1, 0.15) is 75.3 Å². The van der Waals surface area contributed by atoms with Crippen LogP contribution in [0.5, 0.6) is 11.5 Å². The van der Waals surface area contributed by atoms with Crippen molar-refractivity contribution in [1.82, 2.24) is 9.88 Å². The number of methoxy groups -OCH3 is 2. The maximum atomic E-state index is 14.0. The topological polar surface area (TPSA) is 75.5 Å². The standard InChI is InChI=1S/C35H41N3O3S/c1-24-14-16-25(17-15-24)31-21-29(26-18-19-32(40-2)33(20-26)41-3)30(22-36)35(37-31)42-23-34(39)38(27-10-6-4-7-11-27)28-12-8-5-9-13-28/h14-21,27-28H,4-13,23H2,1-3H3. The number of aryl methyl sites for hydroxylation is 1. The molecule has 1 aromatic heterocycles. The fourth-order valence-corrected chi connectivity index (χ4v) is 7.34. The number of aromatic nitrogens is 1. The number of amides is 1. The summed E-state index contributed by atoms with van der Waals surface area (Å²) in [6, 6.07) is 19.0. The molecular formula is C35H41N3O3S. The van der Waals surface area contributed by atoms with Gasteiger partial charge in [-0.15, -0.1) is 0 Å². The van der Waals surface area contributed by atoms with Crippen molar-refractivity contribution >= 4 is 17.7 Å². The summed E-state index contributed by atoms with van der Waals surface area (Å²) < 4.78 is 11.0. The van der Waals surface area contributed by atoms with Crippen molar-refractivity contribution in [2.45, 2.75) is 88.2 Å². The molecule has 6 nitrogen and oxygen atoms in total. The third kappa shape index (κ3) is 6.76. The van der Waals surface area contributed by atoms with Crippen LogP contribution in [0.3, 0.4) is 0 Å². The SMILES string of the molecule is COc1ccc(-c2cc(-c3ccc(C)cc3)nc(SCC(=O)N(C3CCCCC3)C3CCCCC3)c2C#N)cc1OC. The van der Waals surface area contributed by atoms with Crippen LogP contribution >= 0.6 is 11.8 Å². The third-order valence-electron chi connectivity index (χ3n) is 8.70. The van der Waals surface area contributed by atoms with Gasteiger partial charge in [0.15, 0.2) is 11.5 Å². The Morgan fingerprint density at radius 2 is 1.48 bits per heavy atom. The molecule has 0 aliphatic heterocycles. The van der Waals surface area contributed by atoms with E-state index in [4.69, 9.17) is 14.5 Å². The number of carbonyl (C=O) groups is 1. The number of ether oxygens (including phenoxy) is 2. The Kier molecular flexibility index (Phi) is 10.1. The van der Waals surface area contributed by atoms with Crippen molar-refractivity contribution in [3.8, 4) is 40.0 Å². The predicted octanol–water partition coefficient (Wildman–Crippen LogP) is 8.20. The lowest BCUT2D eigenvalue weighted by Gasteiger charge is -2.41. The first-order valence-corrected chi connectivity index (χ1v) is 16.2.